The van der Waals surface area contributed by atoms with Gasteiger partial charge in [0.05, 0.1) is 17.1 Å². The minimum absolute atomic E-state index is 0.0661. The van der Waals surface area contributed by atoms with Crippen LogP contribution < -0.4 is 14.6 Å². The lowest BCUT2D eigenvalue weighted by atomic mass is 10.1. The SMILES string of the molecule is O=C(O)COc1cccc(CCCS(=O)(=O)NN(c2ccccc2)c2ccccc2)c1. The van der Waals surface area contributed by atoms with Crippen LogP contribution >= 0.6 is 0 Å². The van der Waals surface area contributed by atoms with Gasteiger partial charge < -0.3 is 9.84 Å². The topological polar surface area (TPSA) is 95.9 Å². The Labute approximate surface area is 181 Å². The van der Waals surface area contributed by atoms with Crippen LogP contribution in [0.2, 0.25) is 0 Å². The van der Waals surface area contributed by atoms with E-state index in [0.717, 1.165) is 5.56 Å². The average molecular weight is 441 g/mol. The second-order valence-corrected chi connectivity index (χ2v) is 8.67. The molecule has 0 atom stereocenters. The molecule has 0 amide bonds. The lowest BCUT2D eigenvalue weighted by molar-refractivity contribution is -0.139. The molecule has 0 aliphatic heterocycles. The molecule has 7 nitrogen and oxygen atoms in total. The molecule has 0 bridgehead atoms. The second kappa shape index (κ2) is 10.6. The third-order valence-electron chi connectivity index (χ3n) is 4.40. The maximum Gasteiger partial charge on any atom is 0.341 e. The van der Waals surface area contributed by atoms with E-state index in [4.69, 9.17) is 9.84 Å². The quantitative estimate of drug-likeness (QED) is 0.441. The predicted molar refractivity (Wildman–Crippen MR) is 120 cm³/mol. The summed E-state index contributed by atoms with van der Waals surface area (Å²) < 4.78 is 30.7. The molecule has 0 saturated carbocycles. The van der Waals surface area contributed by atoms with Crippen molar-refractivity contribution in [2.24, 2.45) is 0 Å². The molecule has 0 radical (unpaired) electrons. The van der Waals surface area contributed by atoms with Gasteiger partial charge in [-0.1, -0.05) is 48.5 Å². The Bertz CT molecular complexity index is 1050. The number of anilines is 2. The first-order chi connectivity index (χ1) is 14.9. The maximum absolute atomic E-state index is 12.8. The number of nitrogens with one attached hydrogen (secondary N) is 1. The van der Waals surface area contributed by atoms with Crippen LogP contribution in [-0.2, 0) is 21.2 Å². The van der Waals surface area contributed by atoms with E-state index in [2.05, 4.69) is 4.83 Å². The number of benzene rings is 3. The molecule has 31 heavy (non-hydrogen) atoms. The fourth-order valence-corrected chi connectivity index (χ4v) is 4.10. The summed E-state index contributed by atoms with van der Waals surface area (Å²) in [5.41, 5.74) is 2.29. The predicted octanol–water partition coefficient (Wildman–Crippen LogP) is 3.76. The van der Waals surface area contributed by atoms with Crippen LogP contribution in [0, 0.1) is 0 Å². The number of sulfonamides is 1. The van der Waals surface area contributed by atoms with Crippen molar-refractivity contribution < 1.29 is 23.1 Å². The summed E-state index contributed by atoms with van der Waals surface area (Å²) in [6, 6.07) is 25.5. The van der Waals surface area contributed by atoms with Crippen molar-refractivity contribution >= 4 is 27.4 Å². The van der Waals surface area contributed by atoms with Crippen LogP contribution in [0.1, 0.15) is 12.0 Å². The van der Waals surface area contributed by atoms with Crippen LogP contribution in [0.3, 0.4) is 0 Å². The zero-order valence-corrected chi connectivity index (χ0v) is 17.7. The van der Waals surface area contributed by atoms with Gasteiger partial charge >= 0.3 is 5.97 Å². The van der Waals surface area contributed by atoms with Crippen LogP contribution in [0.15, 0.2) is 84.9 Å². The van der Waals surface area contributed by atoms with Crippen molar-refractivity contribution in [3.05, 3.63) is 90.5 Å². The van der Waals surface area contributed by atoms with Gasteiger partial charge in [0.1, 0.15) is 5.75 Å². The third kappa shape index (κ3) is 7.13. The Kier molecular flexibility index (Phi) is 7.64. The van der Waals surface area contributed by atoms with Crippen molar-refractivity contribution in [1.29, 1.82) is 0 Å². The first kappa shape index (κ1) is 22.3. The van der Waals surface area contributed by atoms with Gasteiger partial charge in [0.15, 0.2) is 6.61 Å². The Morgan fingerprint density at radius 3 is 2.10 bits per heavy atom. The molecule has 8 heteroatoms. The molecule has 0 unspecified atom stereocenters. The van der Waals surface area contributed by atoms with Crippen LogP contribution in [0.25, 0.3) is 0 Å². The summed E-state index contributed by atoms with van der Waals surface area (Å²) >= 11 is 0. The highest BCUT2D eigenvalue weighted by Gasteiger charge is 2.17. The fraction of sp³-hybridized carbons (Fsp3) is 0.174. The number of carbonyl (C=O) groups is 1. The summed E-state index contributed by atoms with van der Waals surface area (Å²) in [7, 11) is -3.61. The lowest BCUT2D eigenvalue weighted by Crippen LogP contribution is -2.40. The molecule has 0 spiro atoms. The molecule has 162 valence electrons. The molecule has 0 saturated heterocycles. The minimum atomic E-state index is -3.61. The summed E-state index contributed by atoms with van der Waals surface area (Å²) in [5, 5.41) is 10.3. The zero-order chi connectivity index (χ0) is 22.1. The molecule has 0 fully saturated rings. The number of carboxylic acids is 1. The Hall–Kier alpha value is -3.36. The number of hydrogen-bond donors (Lipinski definition) is 2. The standard InChI is InChI=1S/C23H24N2O5S/c26-23(27)18-30-22-15-7-9-19(17-22)10-8-16-31(28,29)24-25(20-11-3-1-4-12-20)21-13-5-2-6-14-21/h1-7,9,11-15,17,24H,8,10,16,18H2,(H,26,27). The monoisotopic (exact) mass is 440 g/mol. The molecule has 0 aromatic heterocycles. The van der Waals surface area contributed by atoms with Gasteiger partial charge in [-0.15, -0.1) is 4.83 Å². The highest BCUT2D eigenvalue weighted by molar-refractivity contribution is 7.89. The van der Waals surface area contributed by atoms with E-state index in [1.54, 1.807) is 23.2 Å². The van der Waals surface area contributed by atoms with Crippen LogP contribution in [0.4, 0.5) is 11.4 Å². The highest BCUT2D eigenvalue weighted by Crippen LogP contribution is 2.23. The molecule has 3 aromatic carbocycles. The van der Waals surface area contributed by atoms with Crippen molar-refractivity contribution in [1.82, 2.24) is 4.83 Å². The fourth-order valence-electron chi connectivity index (χ4n) is 3.00. The third-order valence-corrected chi connectivity index (χ3v) is 5.69. The van der Waals surface area contributed by atoms with E-state index in [0.29, 0.717) is 30.0 Å². The van der Waals surface area contributed by atoms with Gasteiger partial charge in [-0.25, -0.2) is 13.2 Å². The van der Waals surface area contributed by atoms with Gasteiger partial charge in [0.2, 0.25) is 10.0 Å². The number of rotatable bonds is 11. The zero-order valence-electron chi connectivity index (χ0n) is 16.8. The summed E-state index contributed by atoms with van der Waals surface area (Å²) in [6.07, 6.45) is 0.914. The number of hydrazine groups is 1. The first-order valence-electron chi connectivity index (χ1n) is 9.77. The second-order valence-electron chi connectivity index (χ2n) is 6.85. The van der Waals surface area contributed by atoms with Crippen molar-refractivity contribution in [3.63, 3.8) is 0 Å². The number of hydrogen-bond acceptors (Lipinski definition) is 5. The number of nitrogens with zero attached hydrogens (tertiary/aromatic N) is 1. The number of aliphatic carboxylic acids is 1. The normalized spacial score (nSPS) is 11.1. The van der Waals surface area contributed by atoms with E-state index in [1.807, 2.05) is 66.7 Å². The van der Waals surface area contributed by atoms with Gasteiger partial charge in [-0.3, -0.25) is 5.01 Å². The first-order valence-corrected chi connectivity index (χ1v) is 11.4. The molecule has 0 aliphatic carbocycles. The summed E-state index contributed by atoms with van der Waals surface area (Å²) in [4.78, 5) is 13.3. The van der Waals surface area contributed by atoms with E-state index in [-0.39, 0.29) is 5.75 Å². The van der Waals surface area contributed by atoms with Crippen LogP contribution in [-0.4, -0.2) is 31.9 Å². The van der Waals surface area contributed by atoms with E-state index in [9.17, 15) is 13.2 Å². The number of ether oxygens (including phenoxy) is 1. The number of carboxylic acid groups (broad SMARTS) is 1. The Morgan fingerprint density at radius 2 is 1.52 bits per heavy atom. The molecule has 0 heterocycles. The Balaban J connectivity index is 1.63. The molecular weight excluding hydrogens is 416 g/mol. The van der Waals surface area contributed by atoms with Crippen molar-refractivity contribution in [2.75, 3.05) is 17.4 Å². The van der Waals surface area contributed by atoms with Crippen molar-refractivity contribution in [2.45, 2.75) is 12.8 Å². The smallest absolute Gasteiger partial charge is 0.341 e. The molecule has 0 aliphatic rings. The minimum Gasteiger partial charge on any atom is -0.482 e. The van der Waals surface area contributed by atoms with Crippen LogP contribution in [0.5, 0.6) is 5.75 Å². The summed E-state index contributed by atoms with van der Waals surface area (Å²) in [5.74, 6) is -0.673. The van der Waals surface area contributed by atoms with Gasteiger partial charge in [0.25, 0.3) is 0 Å². The van der Waals surface area contributed by atoms with Gasteiger partial charge in [-0.05, 0) is 54.8 Å². The molecule has 3 aromatic rings. The average Bonchev–Trinajstić information content (AvgIpc) is 2.77. The molecule has 3 rings (SSSR count). The number of aryl methyl sites for hydroxylation is 1. The summed E-state index contributed by atoms with van der Waals surface area (Å²) in [6.45, 7) is -0.420. The Morgan fingerprint density at radius 1 is 0.903 bits per heavy atom. The van der Waals surface area contributed by atoms with E-state index >= 15 is 0 Å². The van der Waals surface area contributed by atoms with Crippen molar-refractivity contribution in [3.8, 4) is 5.75 Å². The maximum atomic E-state index is 12.8. The number of para-hydroxylation sites is 2. The van der Waals surface area contributed by atoms with E-state index < -0.39 is 22.6 Å². The van der Waals surface area contributed by atoms with Gasteiger partial charge in [0, 0.05) is 0 Å². The largest absolute Gasteiger partial charge is 0.482 e. The lowest BCUT2D eigenvalue weighted by Gasteiger charge is -2.25. The molecule has 2 N–H and O–H groups in total. The van der Waals surface area contributed by atoms with Gasteiger partial charge in [-0.2, -0.15) is 0 Å². The van der Waals surface area contributed by atoms with E-state index in [1.165, 1.54) is 0 Å². The molecular formula is C23H24N2O5S. The highest BCUT2D eigenvalue weighted by atomic mass is 32.2.